The molecule has 2 aromatic carbocycles. The first-order chi connectivity index (χ1) is 14.2. The zero-order valence-corrected chi connectivity index (χ0v) is 18.0. The Hall–Kier alpha value is -3.34. The van der Waals surface area contributed by atoms with Gasteiger partial charge in [0.2, 0.25) is 0 Å². The quantitative estimate of drug-likeness (QED) is 0.587. The summed E-state index contributed by atoms with van der Waals surface area (Å²) in [6, 6.07) is 19.3. The Bertz CT molecular complexity index is 1020. The number of ether oxygens (including phenoxy) is 1. The van der Waals surface area contributed by atoms with Crippen molar-refractivity contribution in [1.29, 1.82) is 0 Å². The lowest BCUT2D eigenvalue weighted by Gasteiger charge is -2.20. The minimum atomic E-state index is -0.239. The number of benzene rings is 2. The van der Waals surface area contributed by atoms with Crippen LogP contribution in [0.3, 0.4) is 0 Å². The van der Waals surface area contributed by atoms with E-state index in [2.05, 4.69) is 37.1 Å². The predicted octanol–water partition coefficient (Wildman–Crippen LogP) is 5.28. The molecule has 5 nitrogen and oxygen atoms in total. The smallest absolute Gasteiger partial charge is 0.255 e. The van der Waals surface area contributed by atoms with Gasteiger partial charge in [0.05, 0.1) is 5.56 Å². The van der Waals surface area contributed by atoms with E-state index in [9.17, 15) is 4.79 Å². The molecule has 0 fully saturated rings. The number of carbonyl (C=O) groups is 1. The molecule has 0 atom stereocenters. The molecule has 0 spiro atoms. The summed E-state index contributed by atoms with van der Waals surface area (Å²) in [7, 11) is 0. The number of aromatic nitrogens is 1. The van der Waals surface area contributed by atoms with Gasteiger partial charge in [0.1, 0.15) is 17.3 Å². The van der Waals surface area contributed by atoms with Crippen molar-refractivity contribution in [3.8, 4) is 11.5 Å². The van der Waals surface area contributed by atoms with Crippen molar-refractivity contribution in [2.75, 3.05) is 5.73 Å². The van der Waals surface area contributed by atoms with Crippen molar-refractivity contribution in [1.82, 2.24) is 10.3 Å². The number of aryl methyl sites for hydroxylation is 1. The molecule has 30 heavy (non-hydrogen) atoms. The minimum absolute atomic E-state index is 0.178. The second-order valence-corrected chi connectivity index (χ2v) is 8.66. The van der Waals surface area contributed by atoms with Crippen molar-refractivity contribution in [3.05, 3.63) is 83.0 Å². The number of nitrogens with zero attached hydrogens (tertiary/aromatic N) is 1. The number of rotatable bonds is 6. The van der Waals surface area contributed by atoms with Crippen LogP contribution in [0.5, 0.6) is 11.5 Å². The number of nitrogens with two attached hydrogens (primary N) is 1. The van der Waals surface area contributed by atoms with Gasteiger partial charge < -0.3 is 15.8 Å². The van der Waals surface area contributed by atoms with Gasteiger partial charge in [-0.25, -0.2) is 4.98 Å². The number of carbonyl (C=O) groups excluding carboxylic acids is 1. The summed E-state index contributed by atoms with van der Waals surface area (Å²) in [6.45, 7) is 8.88. The maximum Gasteiger partial charge on any atom is 0.255 e. The zero-order chi connectivity index (χ0) is 21.7. The molecule has 5 heteroatoms. The first-order valence-corrected chi connectivity index (χ1v) is 10.1. The SMILES string of the molecule is Cc1ccc(C(=O)NCc2ccc(Oc3ccccc3CC(C)(C)C)cc2)c(N)n1. The van der Waals surface area contributed by atoms with Crippen molar-refractivity contribution >= 4 is 11.7 Å². The molecule has 0 saturated carbocycles. The molecule has 156 valence electrons. The number of pyridine rings is 1. The fraction of sp³-hybridized carbons (Fsp3) is 0.280. The lowest BCUT2D eigenvalue weighted by molar-refractivity contribution is 0.0951. The molecule has 0 aliphatic rings. The van der Waals surface area contributed by atoms with Crippen LogP contribution < -0.4 is 15.8 Å². The van der Waals surface area contributed by atoms with Gasteiger partial charge in [-0.2, -0.15) is 0 Å². The van der Waals surface area contributed by atoms with Gasteiger partial charge in [0, 0.05) is 12.2 Å². The summed E-state index contributed by atoms with van der Waals surface area (Å²) in [5.41, 5.74) is 9.35. The van der Waals surface area contributed by atoms with Crippen LogP contribution in [-0.4, -0.2) is 10.9 Å². The molecule has 0 aliphatic heterocycles. The van der Waals surface area contributed by atoms with Crippen molar-refractivity contribution in [3.63, 3.8) is 0 Å². The highest BCUT2D eigenvalue weighted by atomic mass is 16.5. The van der Waals surface area contributed by atoms with Gasteiger partial charge in [0.15, 0.2) is 0 Å². The van der Waals surface area contributed by atoms with E-state index in [1.807, 2.05) is 49.4 Å². The zero-order valence-electron chi connectivity index (χ0n) is 18.0. The third-order valence-electron chi connectivity index (χ3n) is 4.61. The van der Waals surface area contributed by atoms with E-state index in [0.717, 1.165) is 29.2 Å². The van der Waals surface area contributed by atoms with Crippen molar-refractivity contribution in [2.24, 2.45) is 5.41 Å². The van der Waals surface area contributed by atoms with E-state index in [4.69, 9.17) is 10.5 Å². The largest absolute Gasteiger partial charge is 0.457 e. The van der Waals surface area contributed by atoms with Crippen LogP contribution in [0.4, 0.5) is 5.82 Å². The molecule has 3 aromatic rings. The number of nitrogen functional groups attached to an aromatic ring is 1. The van der Waals surface area contributed by atoms with Crippen LogP contribution >= 0.6 is 0 Å². The average Bonchev–Trinajstić information content (AvgIpc) is 2.67. The second kappa shape index (κ2) is 8.99. The lowest BCUT2D eigenvalue weighted by Crippen LogP contribution is -2.24. The maximum absolute atomic E-state index is 12.4. The molecule has 3 rings (SSSR count). The van der Waals surface area contributed by atoms with Gasteiger partial charge in [-0.15, -0.1) is 0 Å². The summed E-state index contributed by atoms with van der Waals surface area (Å²) >= 11 is 0. The fourth-order valence-corrected chi connectivity index (χ4v) is 3.17. The summed E-state index contributed by atoms with van der Waals surface area (Å²) in [5, 5.41) is 2.88. The molecule has 0 saturated heterocycles. The van der Waals surface area contributed by atoms with Gasteiger partial charge >= 0.3 is 0 Å². The van der Waals surface area contributed by atoms with Crippen LogP contribution in [0.2, 0.25) is 0 Å². The lowest BCUT2D eigenvalue weighted by atomic mass is 9.88. The fourth-order valence-electron chi connectivity index (χ4n) is 3.17. The molecular formula is C25H29N3O2. The third-order valence-corrected chi connectivity index (χ3v) is 4.61. The van der Waals surface area contributed by atoms with E-state index >= 15 is 0 Å². The number of nitrogens with one attached hydrogen (secondary N) is 1. The maximum atomic E-state index is 12.4. The van der Waals surface area contributed by atoms with Gasteiger partial charge in [0.25, 0.3) is 5.91 Å². The van der Waals surface area contributed by atoms with E-state index in [-0.39, 0.29) is 17.1 Å². The predicted molar refractivity (Wildman–Crippen MR) is 121 cm³/mol. The first kappa shape index (κ1) is 21.4. The average molecular weight is 404 g/mol. The Kier molecular flexibility index (Phi) is 6.40. The van der Waals surface area contributed by atoms with E-state index in [1.54, 1.807) is 12.1 Å². The number of para-hydroxylation sites is 1. The standard InChI is InChI=1S/C25H29N3O2/c1-17-9-14-21(23(26)28-17)24(29)27-16-18-10-12-20(13-11-18)30-22-8-6-5-7-19(22)15-25(2,3)4/h5-14H,15-16H2,1-4H3,(H2,26,28)(H,27,29). The molecule has 3 N–H and O–H groups in total. The molecule has 0 unspecified atom stereocenters. The highest BCUT2D eigenvalue weighted by molar-refractivity contribution is 5.98. The van der Waals surface area contributed by atoms with Gasteiger partial charge in [-0.3, -0.25) is 4.79 Å². The summed E-state index contributed by atoms with van der Waals surface area (Å²) < 4.78 is 6.12. The summed E-state index contributed by atoms with van der Waals surface area (Å²) in [6.07, 6.45) is 0.935. The molecule has 1 amide bonds. The van der Waals surface area contributed by atoms with Crippen molar-refractivity contribution < 1.29 is 9.53 Å². The molecular weight excluding hydrogens is 374 g/mol. The van der Waals surface area contributed by atoms with Gasteiger partial charge in [-0.1, -0.05) is 51.1 Å². The monoisotopic (exact) mass is 403 g/mol. The number of amides is 1. The number of hydrogen-bond acceptors (Lipinski definition) is 4. The molecule has 0 radical (unpaired) electrons. The molecule has 0 aliphatic carbocycles. The third kappa shape index (κ3) is 5.83. The van der Waals surface area contributed by atoms with Crippen LogP contribution in [-0.2, 0) is 13.0 Å². The van der Waals surface area contributed by atoms with Crippen LogP contribution in [0.25, 0.3) is 0 Å². The Balaban J connectivity index is 1.63. The van der Waals surface area contributed by atoms with E-state index in [0.29, 0.717) is 12.1 Å². The number of anilines is 1. The highest BCUT2D eigenvalue weighted by Gasteiger charge is 2.15. The molecule has 1 heterocycles. The van der Waals surface area contributed by atoms with E-state index < -0.39 is 0 Å². The Labute approximate surface area is 178 Å². The normalized spacial score (nSPS) is 11.2. The molecule has 0 bridgehead atoms. The Morgan fingerprint density at radius 3 is 2.40 bits per heavy atom. The minimum Gasteiger partial charge on any atom is -0.457 e. The molecule has 1 aromatic heterocycles. The first-order valence-electron chi connectivity index (χ1n) is 10.1. The van der Waals surface area contributed by atoms with Crippen molar-refractivity contribution in [2.45, 2.75) is 40.7 Å². The Morgan fingerprint density at radius 1 is 1.03 bits per heavy atom. The van der Waals surface area contributed by atoms with Crippen LogP contribution in [0, 0.1) is 12.3 Å². The second-order valence-electron chi connectivity index (χ2n) is 8.66. The topological polar surface area (TPSA) is 77.2 Å². The summed E-state index contributed by atoms with van der Waals surface area (Å²) in [4.78, 5) is 16.5. The van der Waals surface area contributed by atoms with Crippen LogP contribution in [0.15, 0.2) is 60.7 Å². The number of hydrogen-bond donors (Lipinski definition) is 2. The summed E-state index contributed by atoms with van der Waals surface area (Å²) in [5.74, 6) is 1.64. The van der Waals surface area contributed by atoms with E-state index in [1.165, 1.54) is 5.56 Å². The van der Waals surface area contributed by atoms with Crippen LogP contribution in [0.1, 0.15) is 48.0 Å². The highest BCUT2D eigenvalue weighted by Crippen LogP contribution is 2.30. The van der Waals surface area contributed by atoms with Gasteiger partial charge in [-0.05, 0) is 60.2 Å². The Morgan fingerprint density at radius 2 is 1.73 bits per heavy atom.